The Morgan fingerprint density at radius 3 is 2.70 bits per heavy atom. The molecule has 7 heteroatoms. The molecule has 0 bridgehead atoms. The minimum atomic E-state index is -0.539. The van der Waals surface area contributed by atoms with Gasteiger partial charge in [0.15, 0.2) is 0 Å². The fraction of sp³-hybridized carbons (Fsp3) is 0.739. The average molecular weight is 437 g/mol. The van der Waals surface area contributed by atoms with Crippen molar-refractivity contribution in [1.82, 2.24) is 20.5 Å². The number of carbonyl (C=O) groups excluding carboxylic acids is 1. The topological polar surface area (TPSA) is 77.5 Å². The number of fused-ring (bicyclic) bond motifs is 1. The quantitative estimate of drug-likeness (QED) is 0.612. The lowest BCUT2D eigenvalue weighted by molar-refractivity contribution is -0.132. The molecule has 168 valence electrons. The normalized spacial score (nSPS) is 26.1. The van der Waals surface area contributed by atoms with Gasteiger partial charge in [-0.15, -0.1) is 0 Å². The summed E-state index contributed by atoms with van der Waals surface area (Å²) in [5.41, 5.74) is 0.634. The van der Waals surface area contributed by atoms with Gasteiger partial charge in [-0.3, -0.25) is 14.7 Å². The Labute approximate surface area is 185 Å². The van der Waals surface area contributed by atoms with E-state index in [4.69, 9.17) is 11.6 Å². The number of hydrogen-bond donors (Lipinski definition) is 3. The standard InChI is InChI=1S/C23H37ClN4O2/c1-23(2,3)27-22(30)21-10-16-6-4-5-7-17(16)14-28(21)15-20(29)13-25-12-19-9-8-18(24)11-26-19/h8-9,11,16-17,20-21,25,29H,4-7,10,12-15H2,1-3H3,(H,27,30)/t16-,17+,20+,21-/m0/s1. The molecule has 1 aromatic heterocycles. The summed E-state index contributed by atoms with van der Waals surface area (Å²) in [7, 11) is 0. The number of amides is 1. The Balaban J connectivity index is 1.56. The maximum absolute atomic E-state index is 13.0. The van der Waals surface area contributed by atoms with Crippen LogP contribution in [0.3, 0.4) is 0 Å². The molecule has 3 N–H and O–H groups in total. The molecular weight excluding hydrogens is 400 g/mol. The van der Waals surface area contributed by atoms with Crippen LogP contribution in [0.15, 0.2) is 18.3 Å². The predicted octanol–water partition coefficient (Wildman–Crippen LogP) is 2.98. The lowest BCUT2D eigenvalue weighted by Crippen LogP contribution is -2.59. The van der Waals surface area contributed by atoms with Crippen LogP contribution in [0.4, 0.5) is 0 Å². The highest BCUT2D eigenvalue weighted by molar-refractivity contribution is 6.30. The van der Waals surface area contributed by atoms with Crippen LogP contribution in [0.2, 0.25) is 5.02 Å². The number of β-amino-alcohol motifs (C(OH)–C–C–N with tert-alkyl or cyclic N) is 1. The average Bonchev–Trinajstić information content (AvgIpc) is 2.67. The van der Waals surface area contributed by atoms with E-state index in [1.165, 1.54) is 25.7 Å². The highest BCUT2D eigenvalue weighted by atomic mass is 35.5. The zero-order valence-electron chi connectivity index (χ0n) is 18.5. The first-order chi connectivity index (χ1) is 14.2. The lowest BCUT2D eigenvalue weighted by atomic mass is 9.72. The van der Waals surface area contributed by atoms with Crippen molar-refractivity contribution in [3.05, 3.63) is 29.0 Å². The molecule has 1 aromatic rings. The first kappa shape index (κ1) is 23.5. The van der Waals surface area contributed by atoms with Crippen LogP contribution in [0.5, 0.6) is 0 Å². The molecule has 1 saturated heterocycles. The molecule has 1 saturated carbocycles. The van der Waals surface area contributed by atoms with E-state index in [9.17, 15) is 9.90 Å². The van der Waals surface area contributed by atoms with Crippen LogP contribution in [-0.2, 0) is 11.3 Å². The van der Waals surface area contributed by atoms with Crippen LogP contribution in [0.1, 0.15) is 58.6 Å². The fourth-order valence-corrected chi connectivity index (χ4v) is 4.95. The Morgan fingerprint density at radius 1 is 1.30 bits per heavy atom. The van der Waals surface area contributed by atoms with E-state index in [1.54, 1.807) is 6.20 Å². The van der Waals surface area contributed by atoms with Gasteiger partial charge in [-0.05, 0) is 57.6 Å². The molecule has 2 aliphatic rings. The van der Waals surface area contributed by atoms with Gasteiger partial charge in [0.25, 0.3) is 0 Å². The first-order valence-corrected chi connectivity index (χ1v) is 11.6. The number of likely N-dealkylation sites (tertiary alicyclic amines) is 1. The van der Waals surface area contributed by atoms with Crippen LogP contribution in [-0.4, -0.2) is 58.2 Å². The summed E-state index contributed by atoms with van der Waals surface area (Å²) in [6.07, 6.45) is 7.03. The van der Waals surface area contributed by atoms with Gasteiger partial charge >= 0.3 is 0 Å². The molecule has 0 radical (unpaired) electrons. The molecule has 2 fully saturated rings. The molecule has 2 heterocycles. The molecule has 1 aliphatic carbocycles. The van der Waals surface area contributed by atoms with Gasteiger partial charge in [-0.1, -0.05) is 30.9 Å². The summed E-state index contributed by atoms with van der Waals surface area (Å²) in [6.45, 7) is 8.51. The number of nitrogens with one attached hydrogen (secondary N) is 2. The number of piperidine rings is 1. The summed E-state index contributed by atoms with van der Waals surface area (Å²) in [5.74, 6) is 1.38. The van der Waals surface area contributed by atoms with E-state index in [2.05, 4.69) is 20.5 Å². The van der Waals surface area contributed by atoms with Crippen molar-refractivity contribution in [2.24, 2.45) is 11.8 Å². The Morgan fingerprint density at radius 2 is 2.03 bits per heavy atom. The van der Waals surface area contributed by atoms with Crippen molar-refractivity contribution in [3.8, 4) is 0 Å². The molecule has 3 rings (SSSR count). The Hall–Kier alpha value is -1.21. The third-order valence-electron chi connectivity index (χ3n) is 6.22. The summed E-state index contributed by atoms with van der Waals surface area (Å²) < 4.78 is 0. The number of pyridine rings is 1. The van der Waals surface area contributed by atoms with Crippen molar-refractivity contribution in [1.29, 1.82) is 0 Å². The molecule has 1 amide bonds. The van der Waals surface area contributed by atoms with E-state index in [1.807, 2.05) is 32.9 Å². The van der Waals surface area contributed by atoms with Crippen molar-refractivity contribution in [2.75, 3.05) is 19.6 Å². The monoisotopic (exact) mass is 436 g/mol. The van der Waals surface area contributed by atoms with Crippen LogP contribution < -0.4 is 10.6 Å². The second kappa shape index (κ2) is 10.4. The van der Waals surface area contributed by atoms with E-state index in [0.29, 0.717) is 36.5 Å². The van der Waals surface area contributed by atoms with Gasteiger partial charge in [-0.2, -0.15) is 0 Å². The van der Waals surface area contributed by atoms with Crippen molar-refractivity contribution in [2.45, 2.75) is 77.1 Å². The smallest absolute Gasteiger partial charge is 0.237 e. The van der Waals surface area contributed by atoms with Gasteiger partial charge in [0.2, 0.25) is 5.91 Å². The molecule has 1 aliphatic heterocycles. The fourth-order valence-electron chi connectivity index (χ4n) is 4.84. The highest BCUT2D eigenvalue weighted by Gasteiger charge is 2.40. The minimum Gasteiger partial charge on any atom is -0.390 e. The number of hydrogen-bond acceptors (Lipinski definition) is 5. The summed E-state index contributed by atoms with van der Waals surface area (Å²) in [5, 5.41) is 17.7. The Bertz CT molecular complexity index is 691. The first-order valence-electron chi connectivity index (χ1n) is 11.3. The number of carbonyl (C=O) groups is 1. The number of aliphatic hydroxyl groups is 1. The van der Waals surface area contributed by atoms with E-state index in [0.717, 1.165) is 18.7 Å². The van der Waals surface area contributed by atoms with E-state index >= 15 is 0 Å². The largest absolute Gasteiger partial charge is 0.390 e. The highest BCUT2D eigenvalue weighted by Crippen LogP contribution is 2.38. The van der Waals surface area contributed by atoms with Crippen LogP contribution in [0, 0.1) is 11.8 Å². The van der Waals surface area contributed by atoms with Gasteiger partial charge in [-0.25, -0.2) is 0 Å². The predicted molar refractivity (Wildman–Crippen MR) is 120 cm³/mol. The second-order valence-corrected chi connectivity index (χ2v) is 10.4. The van der Waals surface area contributed by atoms with Crippen molar-refractivity contribution < 1.29 is 9.90 Å². The SMILES string of the molecule is CC(C)(C)NC(=O)[C@@H]1C[C@@H]2CCCC[C@@H]2CN1C[C@H](O)CNCc1ccc(Cl)cn1. The maximum Gasteiger partial charge on any atom is 0.237 e. The van der Waals surface area contributed by atoms with E-state index in [-0.39, 0.29) is 17.5 Å². The van der Waals surface area contributed by atoms with Crippen molar-refractivity contribution >= 4 is 17.5 Å². The summed E-state index contributed by atoms with van der Waals surface area (Å²) in [4.78, 5) is 19.5. The molecule has 6 nitrogen and oxygen atoms in total. The molecule has 0 unspecified atom stereocenters. The summed E-state index contributed by atoms with van der Waals surface area (Å²) >= 11 is 5.87. The van der Waals surface area contributed by atoms with Gasteiger partial charge < -0.3 is 15.7 Å². The van der Waals surface area contributed by atoms with Crippen LogP contribution in [0.25, 0.3) is 0 Å². The zero-order chi connectivity index (χ0) is 21.7. The van der Waals surface area contributed by atoms with Crippen molar-refractivity contribution in [3.63, 3.8) is 0 Å². The number of nitrogens with zero attached hydrogens (tertiary/aromatic N) is 2. The number of rotatable bonds is 7. The molecular formula is C23H37ClN4O2. The van der Waals surface area contributed by atoms with Crippen LogP contribution >= 0.6 is 11.6 Å². The number of aromatic nitrogens is 1. The second-order valence-electron chi connectivity index (χ2n) is 10.0. The van der Waals surface area contributed by atoms with Gasteiger partial charge in [0.05, 0.1) is 22.9 Å². The zero-order valence-corrected chi connectivity index (χ0v) is 19.3. The number of halogens is 1. The molecule has 0 aromatic carbocycles. The third-order valence-corrected chi connectivity index (χ3v) is 6.45. The minimum absolute atomic E-state index is 0.0945. The molecule has 0 spiro atoms. The Kier molecular flexibility index (Phi) is 8.13. The summed E-state index contributed by atoms with van der Waals surface area (Å²) in [6, 6.07) is 3.54. The lowest BCUT2D eigenvalue weighted by Gasteiger charge is -2.46. The van der Waals surface area contributed by atoms with E-state index < -0.39 is 6.10 Å². The number of aliphatic hydroxyl groups excluding tert-OH is 1. The third kappa shape index (κ3) is 6.91. The molecule has 30 heavy (non-hydrogen) atoms. The van der Waals surface area contributed by atoms with Gasteiger partial charge in [0, 0.05) is 37.9 Å². The maximum atomic E-state index is 13.0. The molecule has 4 atom stereocenters. The van der Waals surface area contributed by atoms with Gasteiger partial charge in [0.1, 0.15) is 0 Å².